The first-order valence-corrected chi connectivity index (χ1v) is 7.99. The highest BCUT2D eigenvalue weighted by Crippen LogP contribution is 2.39. The monoisotopic (exact) mass is 296 g/mol. The first-order valence-electron chi connectivity index (χ1n) is 7.99. The molecule has 5 heteroatoms. The summed E-state index contributed by atoms with van der Waals surface area (Å²) >= 11 is 0. The quantitative estimate of drug-likeness (QED) is 0.747. The van der Waals surface area contributed by atoms with Crippen molar-refractivity contribution >= 4 is 12.0 Å². The van der Waals surface area contributed by atoms with Gasteiger partial charge in [0.25, 0.3) is 0 Å². The first-order chi connectivity index (χ1) is 9.67. The zero-order chi connectivity index (χ0) is 15.8. The summed E-state index contributed by atoms with van der Waals surface area (Å²) in [4.78, 5) is 29.0. The van der Waals surface area contributed by atoms with Crippen molar-refractivity contribution in [3.05, 3.63) is 0 Å². The average Bonchev–Trinajstić information content (AvgIpc) is 2.75. The number of amides is 2. The van der Waals surface area contributed by atoms with Gasteiger partial charge in [0.15, 0.2) is 0 Å². The van der Waals surface area contributed by atoms with Gasteiger partial charge in [-0.05, 0) is 60.3 Å². The van der Waals surface area contributed by atoms with Gasteiger partial charge in [0.2, 0.25) is 5.91 Å². The average molecular weight is 296 g/mol. The van der Waals surface area contributed by atoms with Crippen molar-refractivity contribution in [1.82, 2.24) is 9.80 Å². The summed E-state index contributed by atoms with van der Waals surface area (Å²) in [6, 6.07) is 0.177. The summed E-state index contributed by atoms with van der Waals surface area (Å²) in [7, 11) is 0. The third-order valence-electron chi connectivity index (χ3n) is 4.37. The summed E-state index contributed by atoms with van der Waals surface area (Å²) in [5.74, 6) is 0.104. The molecular formula is C16H28N2O3. The molecule has 2 rings (SSSR count). The van der Waals surface area contributed by atoms with Crippen LogP contribution >= 0.6 is 0 Å². The Hall–Kier alpha value is -1.26. The molecule has 0 N–H and O–H groups in total. The van der Waals surface area contributed by atoms with Gasteiger partial charge in [0, 0.05) is 19.1 Å². The maximum Gasteiger partial charge on any atom is 0.411 e. The number of ether oxygens (including phenoxy) is 1. The fourth-order valence-electron chi connectivity index (χ4n) is 3.45. The molecule has 1 atom stereocenters. The Labute approximate surface area is 127 Å². The van der Waals surface area contributed by atoms with Gasteiger partial charge in [-0.1, -0.05) is 0 Å². The van der Waals surface area contributed by atoms with E-state index < -0.39 is 11.1 Å². The van der Waals surface area contributed by atoms with Crippen LogP contribution in [0.5, 0.6) is 0 Å². The van der Waals surface area contributed by atoms with Crippen LogP contribution < -0.4 is 0 Å². The Bertz CT molecular complexity index is 428. The number of carbonyl (C=O) groups is 2. The number of carbonyl (C=O) groups excluding carboxylic acids is 2. The van der Waals surface area contributed by atoms with Crippen LogP contribution in [-0.2, 0) is 9.53 Å². The molecule has 0 aromatic heterocycles. The zero-order valence-corrected chi connectivity index (χ0v) is 13.9. The van der Waals surface area contributed by atoms with Gasteiger partial charge in [-0.15, -0.1) is 0 Å². The summed E-state index contributed by atoms with van der Waals surface area (Å²) in [6.45, 7) is 11.0. The predicted molar refractivity (Wildman–Crippen MR) is 81.0 cm³/mol. The Morgan fingerprint density at radius 2 is 1.76 bits per heavy atom. The van der Waals surface area contributed by atoms with Crippen molar-refractivity contribution in [2.45, 2.75) is 77.5 Å². The van der Waals surface area contributed by atoms with Gasteiger partial charge < -0.3 is 9.64 Å². The molecule has 0 saturated carbocycles. The van der Waals surface area contributed by atoms with E-state index in [1.807, 2.05) is 39.5 Å². The second kappa shape index (κ2) is 5.50. The van der Waals surface area contributed by atoms with Crippen LogP contribution in [0.25, 0.3) is 0 Å². The maximum atomic E-state index is 12.9. The normalized spacial score (nSPS) is 26.9. The molecule has 2 saturated heterocycles. The lowest BCUT2D eigenvalue weighted by atomic mass is 9.85. The SMILES string of the molecule is CC(C)N1CCCC2(CCCN2C(=O)OC(C)(C)C)C1=O. The second-order valence-electron chi connectivity index (χ2n) is 7.46. The minimum absolute atomic E-state index is 0.104. The number of hydrogen-bond donors (Lipinski definition) is 0. The van der Waals surface area contributed by atoms with Crippen LogP contribution in [0.15, 0.2) is 0 Å². The Morgan fingerprint density at radius 3 is 2.29 bits per heavy atom. The third-order valence-corrected chi connectivity index (χ3v) is 4.37. The molecule has 0 aromatic rings. The van der Waals surface area contributed by atoms with E-state index in [-0.39, 0.29) is 18.0 Å². The van der Waals surface area contributed by atoms with Gasteiger partial charge in [0.1, 0.15) is 11.1 Å². The predicted octanol–water partition coefficient (Wildman–Crippen LogP) is 2.79. The van der Waals surface area contributed by atoms with Gasteiger partial charge in [-0.3, -0.25) is 9.69 Å². The molecule has 2 fully saturated rings. The van der Waals surface area contributed by atoms with Gasteiger partial charge in [-0.25, -0.2) is 4.79 Å². The summed E-state index contributed by atoms with van der Waals surface area (Å²) in [5.41, 5.74) is -1.19. The van der Waals surface area contributed by atoms with Gasteiger partial charge >= 0.3 is 6.09 Å². The molecule has 0 radical (unpaired) electrons. The molecule has 1 unspecified atom stereocenters. The fraction of sp³-hybridized carbons (Fsp3) is 0.875. The lowest BCUT2D eigenvalue weighted by molar-refractivity contribution is -0.149. The Morgan fingerprint density at radius 1 is 1.19 bits per heavy atom. The standard InChI is InChI=1S/C16H28N2O3/c1-12(2)17-10-6-8-16(13(17)19)9-7-11-18(16)14(20)21-15(3,4)5/h12H,6-11H2,1-5H3. The van der Waals surface area contributed by atoms with E-state index in [1.165, 1.54) is 0 Å². The molecular weight excluding hydrogens is 268 g/mol. The molecule has 2 amide bonds. The number of nitrogens with zero attached hydrogens (tertiary/aromatic N) is 2. The summed E-state index contributed by atoms with van der Waals surface area (Å²) in [5, 5.41) is 0. The van der Waals surface area contributed by atoms with Crippen LogP contribution in [0.3, 0.4) is 0 Å². The van der Waals surface area contributed by atoms with Crippen molar-refractivity contribution in [1.29, 1.82) is 0 Å². The van der Waals surface area contributed by atoms with E-state index in [2.05, 4.69) is 0 Å². The second-order valence-corrected chi connectivity index (χ2v) is 7.46. The van der Waals surface area contributed by atoms with Crippen LogP contribution in [0.1, 0.15) is 60.3 Å². The van der Waals surface area contributed by atoms with Crippen LogP contribution in [0.2, 0.25) is 0 Å². The summed E-state index contributed by atoms with van der Waals surface area (Å²) < 4.78 is 5.51. The third kappa shape index (κ3) is 3.01. The van der Waals surface area contributed by atoms with E-state index in [0.29, 0.717) is 6.54 Å². The van der Waals surface area contributed by atoms with E-state index >= 15 is 0 Å². The van der Waals surface area contributed by atoms with E-state index in [1.54, 1.807) is 4.90 Å². The van der Waals surface area contributed by atoms with Crippen LogP contribution in [0, 0.1) is 0 Å². The highest BCUT2D eigenvalue weighted by atomic mass is 16.6. The number of piperidine rings is 1. The smallest absolute Gasteiger partial charge is 0.411 e. The first kappa shape index (κ1) is 16.1. The molecule has 5 nitrogen and oxygen atoms in total. The molecule has 1 spiro atoms. The van der Waals surface area contributed by atoms with Crippen molar-refractivity contribution in [3.63, 3.8) is 0 Å². The van der Waals surface area contributed by atoms with E-state index in [0.717, 1.165) is 32.2 Å². The fourth-order valence-corrected chi connectivity index (χ4v) is 3.45. The minimum atomic E-state index is -0.662. The van der Waals surface area contributed by atoms with Crippen LogP contribution in [0.4, 0.5) is 4.79 Å². The number of likely N-dealkylation sites (tertiary alicyclic amines) is 2. The molecule has 0 aliphatic carbocycles. The zero-order valence-electron chi connectivity index (χ0n) is 13.9. The van der Waals surface area contributed by atoms with Crippen LogP contribution in [-0.4, -0.2) is 52.1 Å². The molecule has 0 bridgehead atoms. The molecule has 21 heavy (non-hydrogen) atoms. The Kier molecular flexibility index (Phi) is 4.22. The summed E-state index contributed by atoms with van der Waals surface area (Å²) in [6.07, 6.45) is 2.99. The highest BCUT2D eigenvalue weighted by molar-refractivity contribution is 5.91. The number of hydrogen-bond acceptors (Lipinski definition) is 3. The van der Waals surface area contributed by atoms with E-state index in [4.69, 9.17) is 4.74 Å². The molecule has 2 aliphatic rings. The lowest BCUT2D eigenvalue weighted by Crippen LogP contribution is -2.62. The molecule has 120 valence electrons. The molecule has 0 aromatic carbocycles. The topological polar surface area (TPSA) is 49.9 Å². The maximum absolute atomic E-state index is 12.9. The lowest BCUT2D eigenvalue weighted by Gasteiger charge is -2.45. The van der Waals surface area contributed by atoms with Crippen molar-refractivity contribution < 1.29 is 14.3 Å². The van der Waals surface area contributed by atoms with Gasteiger partial charge in [0.05, 0.1) is 0 Å². The van der Waals surface area contributed by atoms with Crippen molar-refractivity contribution in [2.75, 3.05) is 13.1 Å². The van der Waals surface area contributed by atoms with E-state index in [9.17, 15) is 9.59 Å². The Balaban J connectivity index is 2.23. The minimum Gasteiger partial charge on any atom is -0.444 e. The highest BCUT2D eigenvalue weighted by Gasteiger charge is 2.54. The number of rotatable bonds is 1. The largest absolute Gasteiger partial charge is 0.444 e. The molecule has 2 heterocycles. The van der Waals surface area contributed by atoms with Crippen molar-refractivity contribution in [2.24, 2.45) is 0 Å². The molecule has 2 aliphatic heterocycles. The van der Waals surface area contributed by atoms with Gasteiger partial charge in [-0.2, -0.15) is 0 Å². The van der Waals surface area contributed by atoms with Crippen molar-refractivity contribution in [3.8, 4) is 0 Å².